The molecule has 0 radical (unpaired) electrons. The van der Waals surface area contributed by atoms with Gasteiger partial charge in [0.15, 0.2) is 0 Å². The minimum absolute atomic E-state index is 0.0129. The van der Waals surface area contributed by atoms with Crippen molar-refractivity contribution in [2.24, 2.45) is 0 Å². The molecule has 1 atom stereocenters. The van der Waals surface area contributed by atoms with Gasteiger partial charge in [-0.2, -0.15) is 0 Å². The zero-order valence-corrected chi connectivity index (χ0v) is 24.7. The molecule has 0 unspecified atom stereocenters. The number of hydrogen-bond donors (Lipinski definition) is 1. The van der Waals surface area contributed by atoms with Crippen molar-refractivity contribution < 1.29 is 18.0 Å². The van der Waals surface area contributed by atoms with Gasteiger partial charge in [0.1, 0.15) is 12.6 Å². The molecule has 0 saturated heterocycles. The van der Waals surface area contributed by atoms with Gasteiger partial charge in [0.05, 0.1) is 20.6 Å². The van der Waals surface area contributed by atoms with Crippen molar-refractivity contribution in [3.8, 4) is 0 Å². The standard InChI is InChI=1S/C29H33Cl2N3O4S/c1-5-27(29(36)32-20(2)3)33(18-22-12-10-9-11-21(22)4)28(35)19-34(23-15-16-25(30)26(31)17-23)39(37,38)24-13-7-6-8-14-24/h6-17,20,27H,5,18-19H2,1-4H3,(H,32,36)/t27-/m1/s1. The van der Waals surface area contributed by atoms with Gasteiger partial charge in [-0.3, -0.25) is 13.9 Å². The molecule has 2 amide bonds. The van der Waals surface area contributed by atoms with Crippen LogP contribution in [0.1, 0.15) is 38.3 Å². The summed E-state index contributed by atoms with van der Waals surface area (Å²) in [6.45, 7) is 7.02. The summed E-state index contributed by atoms with van der Waals surface area (Å²) in [5.74, 6) is -0.837. The lowest BCUT2D eigenvalue weighted by Crippen LogP contribution is -2.53. The molecule has 10 heteroatoms. The second-order valence-corrected chi connectivity index (χ2v) is 12.1. The van der Waals surface area contributed by atoms with E-state index in [1.807, 2.05) is 52.0 Å². The molecule has 3 aromatic rings. The van der Waals surface area contributed by atoms with Gasteiger partial charge in [-0.25, -0.2) is 8.42 Å². The lowest BCUT2D eigenvalue weighted by Gasteiger charge is -2.34. The zero-order valence-electron chi connectivity index (χ0n) is 22.4. The average molecular weight is 591 g/mol. The molecule has 0 fully saturated rings. The van der Waals surface area contributed by atoms with Crippen LogP contribution in [0.3, 0.4) is 0 Å². The van der Waals surface area contributed by atoms with Gasteiger partial charge in [0, 0.05) is 12.6 Å². The fourth-order valence-corrected chi connectivity index (χ4v) is 5.88. The minimum atomic E-state index is -4.18. The highest BCUT2D eigenvalue weighted by molar-refractivity contribution is 7.92. The Bertz CT molecular complexity index is 1420. The Labute approximate surface area is 240 Å². The number of carbonyl (C=O) groups excluding carboxylic acids is 2. The molecule has 0 bridgehead atoms. The smallest absolute Gasteiger partial charge is 0.264 e. The molecule has 0 aliphatic carbocycles. The van der Waals surface area contributed by atoms with Crippen molar-refractivity contribution in [2.45, 2.75) is 57.6 Å². The van der Waals surface area contributed by atoms with Crippen molar-refractivity contribution in [1.82, 2.24) is 10.2 Å². The van der Waals surface area contributed by atoms with E-state index in [9.17, 15) is 18.0 Å². The predicted octanol–water partition coefficient (Wildman–Crippen LogP) is 5.83. The number of carbonyl (C=O) groups is 2. The number of halogens is 2. The Morgan fingerprint density at radius 2 is 1.56 bits per heavy atom. The number of hydrogen-bond acceptors (Lipinski definition) is 4. The van der Waals surface area contributed by atoms with E-state index in [0.717, 1.165) is 15.4 Å². The molecule has 7 nitrogen and oxygen atoms in total. The summed E-state index contributed by atoms with van der Waals surface area (Å²) >= 11 is 12.3. The largest absolute Gasteiger partial charge is 0.352 e. The molecule has 0 heterocycles. The van der Waals surface area contributed by atoms with Gasteiger partial charge < -0.3 is 10.2 Å². The van der Waals surface area contributed by atoms with E-state index in [0.29, 0.717) is 6.42 Å². The van der Waals surface area contributed by atoms with Crippen LogP contribution >= 0.6 is 23.2 Å². The van der Waals surface area contributed by atoms with Gasteiger partial charge in [-0.1, -0.05) is 72.6 Å². The summed E-state index contributed by atoms with van der Waals surface area (Å²) in [6, 6.07) is 18.9. The van der Waals surface area contributed by atoms with Gasteiger partial charge >= 0.3 is 0 Å². The molecule has 1 N–H and O–H groups in total. The van der Waals surface area contributed by atoms with Crippen LogP contribution < -0.4 is 9.62 Å². The third-order valence-electron chi connectivity index (χ3n) is 6.22. The van der Waals surface area contributed by atoms with E-state index in [4.69, 9.17) is 23.2 Å². The van der Waals surface area contributed by atoms with Crippen LogP contribution in [0.2, 0.25) is 10.0 Å². The Balaban J connectivity index is 2.09. The highest BCUT2D eigenvalue weighted by Gasteiger charge is 2.34. The van der Waals surface area contributed by atoms with Gasteiger partial charge in [0.25, 0.3) is 10.0 Å². The molecule has 0 saturated carbocycles. The molecule has 39 heavy (non-hydrogen) atoms. The molecule has 0 aliphatic rings. The third-order valence-corrected chi connectivity index (χ3v) is 8.75. The van der Waals surface area contributed by atoms with Crippen molar-refractivity contribution in [2.75, 3.05) is 10.8 Å². The van der Waals surface area contributed by atoms with Crippen molar-refractivity contribution in [1.29, 1.82) is 0 Å². The van der Waals surface area contributed by atoms with E-state index in [2.05, 4.69) is 5.32 Å². The van der Waals surface area contributed by atoms with E-state index >= 15 is 0 Å². The number of sulfonamides is 1. The lowest BCUT2D eigenvalue weighted by atomic mass is 10.1. The molecular formula is C29H33Cl2N3O4S. The fraction of sp³-hybridized carbons (Fsp3) is 0.310. The number of benzene rings is 3. The Morgan fingerprint density at radius 1 is 0.923 bits per heavy atom. The van der Waals surface area contributed by atoms with Crippen LogP contribution in [0, 0.1) is 6.92 Å². The number of rotatable bonds is 11. The predicted molar refractivity (Wildman–Crippen MR) is 157 cm³/mol. The highest BCUT2D eigenvalue weighted by Crippen LogP contribution is 2.31. The molecule has 0 spiro atoms. The number of nitrogens with one attached hydrogen (secondary N) is 1. The second kappa shape index (κ2) is 13.3. The van der Waals surface area contributed by atoms with Crippen LogP contribution in [0.25, 0.3) is 0 Å². The van der Waals surface area contributed by atoms with Crippen molar-refractivity contribution >= 4 is 50.7 Å². The van der Waals surface area contributed by atoms with Crippen LogP contribution in [0.15, 0.2) is 77.7 Å². The Hall–Kier alpha value is -3.07. The summed E-state index contributed by atoms with van der Waals surface area (Å²) in [5, 5.41) is 3.29. The first-order chi connectivity index (χ1) is 18.4. The SMILES string of the molecule is CC[C@H](C(=O)NC(C)C)N(Cc1ccccc1C)C(=O)CN(c1ccc(Cl)c(Cl)c1)S(=O)(=O)c1ccccc1. The number of nitrogens with zero attached hydrogens (tertiary/aromatic N) is 2. The first-order valence-corrected chi connectivity index (χ1v) is 14.8. The first-order valence-electron chi connectivity index (χ1n) is 12.6. The zero-order chi connectivity index (χ0) is 28.7. The number of amides is 2. The maximum absolute atomic E-state index is 14.0. The monoisotopic (exact) mass is 589 g/mol. The maximum Gasteiger partial charge on any atom is 0.264 e. The molecule has 0 aromatic heterocycles. The van der Waals surface area contributed by atoms with Gasteiger partial charge in [-0.05, 0) is 68.7 Å². The quantitative estimate of drug-likeness (QED) is 0.305. The number of anilines is 1. The topological polar surface area (TPSA) is 86.8 Å². The fourth-order valence-electron chi connectivity index (χ4n) is 4.16. The Kier molecular flexibility index (Phi) is 10.4. The van der Waals surface area contributed by atoms with E-state index in [1.165, 1.54) is 35.2 Å². The summed E-state index contributed by atoms with van der Waals surface area (Å²) in [5.41, 5.74) is 1.98. The van der Waals surface area contributed by atoms with Crippen molar-refractivity contribution in [3.05, 3.63) is 94.0 Å². The molecule has 3 aromatic carbocycles. The Morgan fingerprint density at radius 3 is 2.15 bits per heavy atom. The van der Waals surface area contributed by atoms with Crippen LogP contribution in [0.5, 0.6) is 0 Å². The molecule has 3 rings (SSSR count). The van der Waals surface area contributed by atoms with E-state index in [-0.39, 0.29) is 39.1 Å². The first kappa shape index (κ1) is 30.5. The van der Waals surface area contributed by atoms with Crippen LogP contribution in [-0.4, -0.2) is 43.8 Å². The summed E-state index contributed by atoms with van der Waals surface area (Å²) in [4.78, 5) is 28.7. The molecule has 208 valence electrons. The lowest BCUT2D eigenvalue weighted by molar-refractivity contribution is -0.140. The summed E-state index contributed by atoms with van der Waals surface area (Å²) < 4.78 is 28.6. The third kappa shape index (κ3) is 7.53. The van der Waals surface area contributed by atoms with Crippen LogP contribution in [-0.2, 0) is 26.2 Å². The van der Waals surface area contributed by atoms with Crippen LogP contribution in [0.4, 0.5) is 5.69 Å². The summed E-state index contributed by atoms with van der Waals surface area (Å²) in [7, 11) is -4.18. The number of aryl methyl sites for hydroxylation is 1. The summed E-state index contributed by atoms with van der Waals surface area (Å²) in [6.07, 6.45) is 0.342. The second-order valence-electron chi connectivity index (χ2n) is 9.46. The normalized spacial score (nSPS) is 12.2. The van der Waals surface area contributed by atoms with E-state index in [1.54, 1.807) is 18.2 Å². The minimum Gasteiger partial charge on any atom is -0.352 e. The molecule has 0 aliphatic heterocycles. The van der Waals surface area contributed by atoms with E-state index < -0.39 is 28.5 Å². The van der Waals surface area contributed by atoms with Gasteiger partial charge in [-0.15, -0.1) is 0 Å². The maximum atomic E-state index is 14.0. The van der Waals surface area contributed by atoms with Crippen molar-refractivity contribution in [3.63, 3.8) is 0 Å². The average Bonchev–Trinajstić information content (AvgIpc) is 2.89. The van der Waals surface area contributed by atoms with Gasteiger partial charge in [0.2, 0.25) is 11.8 Å². The molecular weight excluding hydrogens is 557 g/mol. The highest BCUT2D eigenvalue weighted by atomic mass is 35.5.